The lowest BCUT2D eigenvalue weighted by molar-refractivity contribution is 0.817. The molecular weight excluding hydrogens is 206 g/mol. The Morgan fingerprint density at radius 1 is 1.31 bits per heavy atom. The number of nitrogens with two attached hydrogens (primary N) is 2. The molecule has 0 unspecified atom stereocenters. The average Bonchev–Trinajstić information content (AvgIpc) is 2.55. The maximum Gasteiger partial charge on any atom is 0.178 e. The smallest absolute Gasteiger partial charge is 0.178 e. The monoisotopic (exact) mass is 215 g/mol. The van der Waals surface area contributed by atoms with Crippen LogP contribution in [0.5, 0.6) is 0 Å². The van der Waals surface area contributed by atoms with Crippen LogP contribution in [0.25, 0.3) is 5.82 Å². The van der Waals surface area contributed by atoms with Gasteiger partial charge >= 0.3 is 0 Å². The van der Waals surface area contributed by atoms with Gasteiger partial charge in [0.25, 0.3) is 0 Å². The van der Waals surface area contributed by atoms with Gasteiger partial charge in [-0.25, -0.2) is 0 Å². The zero-order valence-corrected chi connectivity index (χ0v) is 8.55. The Morgan fingerprint density at radius 2 is 2.06 bits per heavy atom. The lowest BCUT2D eigenvalue weighted by Gasteiger charge is -2.01. The molecule has 2 aromatic rings. The molecule has 0 saturated carbocycles. The fraction of sp³-hybridized carbons (Fsp3) is 0.111. The van der Waals surface area contributed by atoms with Crippen molar-refractivity contribution in [2.45, 2.75) is 6.92 Å². The topological polar surface area (TPSA) is 119 Å². The first-order valence-electron chi connectivity index (χ1n) is 4.48. The normalized spacial score (nSPS) is 10.0. The lowest BCUT2D eigenvalue weighted by Crippen LogP contribution is -2.05. The molecule has 0 aliphatic heterocycles. The highest BCUT2D eigenvalue weighted by Gasteiger charge is 2.14. The van der Waals surface area contributed by atoms with Crippen LogP contribution in [0.4, 0.5) is 11.6 Å². The van der Waals surface area contributed by atoms with Gasteiger partial charge < -0.3 is 11.5 Å². The average molecular weight is 215 g/mol. The molecule has 80 valence electrons. The molecule has 2 rings (SSSR count). The summed E-state index contributed by atoms with van der Waals surface area (Å²) in [6.07, 6.45) is 0. The van der Waals surface area contributed by atoms with Gasteiger partial charge in [0.2, 0.25) is 0 Å². The molecule has 0 bridgehead atoms. The lowest BCUT2D eigenvalue weighted by atomic mass is 10.3. The van der Waals surface area contributed by atoms with Gasteiger partial charge in [0.15, 0.2) is 11.6 Å². The number of nitrogen functional groups attached to an aromatic ring is 2. The van der Waals surface area contributed by atoms with E-state index >= 15 is 0 Å². The van der Waals surface area contributed by atoms with Crippen molar-refractivity contribution < 1.29 is 0 Å². The van der Waals surface area contributed by atoms with E-state index in [0.717, 1.165) is 5.69 Å². The van der Waals surface area contributed by atoms with Gasteiger partial charge in [-0.15, -0.1) is 10.2 Å². The number of nitriles is 1. The van der Waals surface area contributed by atoms with Crippen molar-refractivity contribution in [2.24, 2.45) is 0 Å². The van der Waals surface area contributed by atoms with Crippen molar-refractivity contribution >= 4 is 11.6 Å². The van der Waals surface area contributed by atoms with E-state index < -0.39 is 0 Å². The summed E-state index contributed by atoms with van der Waals surface area (Å²) in [7, 11) is 0. The van der Waals surface area contributed by atoms with Gasteiger partial charge in [0, 0.05) is 0 Å². The third kappa shape index (κ3) is 1.42. The van der Waals surface area contributed by atoms with Crippen LogP contribution >= 0.6 is 0 Å². The first kappa shape index (κ1) is 9.92. The van der Waals surface area contributed by atoms with Crippen molar-refractivity contribution in [3.63, 3.8) is 0 Å². The Balaban J connectivity index is 2.58. The number of aryl methyl sites for hydroxylation is 1. The Labute approximate surface area is 91.3 Å². The number of hydrogen-bond acceptors (Lipinski definition) is 6. The molecule has 0 fully saturated rings. The third-order valence-electron chi connectivity index (χ3n) is 2.06. The summed E-state index contributed by atoms with van der Waals surface area (Å²) in [5.74, 6) is 0.678. The first-order chi connectivity index (χ1) is 7.63. The number of rotatable bonds is 1. The minimum atomic E-state index is 0.0855. The molecule has 0 aliphatic rings. The van der Waals surface area contributed by atoms with Crippen LogP contribution < -0.4 is 11.5 Å². The molecule has 0 spiro atoms. The van der Waals surface area contributed by atoms with Crippen molar-refractivity contribution in [1.82, 2.24) is 20.0 Å². The van der Waals surface area contributed by atoms with Gasteiger partial charge in [-0.1, -0.05) is 0 Å². The van der Waals surface area contributed by atoms with Crippen molar-refractivity contribution in [2.75, 3.05) is 11.5 Å². The fourth-order valence-corrected chi connectivity index (χ4v) is 1.24. The molecule has 0 amide bonds. The molecule has 4 N–H and O–H groups in total. The Morgan fingerprint density at radius 3 is 2.56 bits per heavy atom. The highest BCUT2D eigenvalue weighted by atomic mass is 15.4. The SMILES string of the molecule is Cc1ccc(-n2nc(N)c(C#N)c2N)nn1. The quantitative estimate of drug-likeness (QED) is 0.691. The van der Waals surface area contributed by atoms with E-state index in [1.165, 1.54) is 4.68 Å². The predicted molar refractivity (Wildman–Crippen MR) is 57.4 cm³/mol. The summed E-state index contributed by atoms with van der Waals surface area (Å²) in [5, 5.41) is 20.5. The molecule has 2 aromatic heterocycles. The number of anilines is 2. The minimum absolute atomic E-state index is 0.0855. The van der Waals surface area contributed by atoms with Crippen LogP contribution in [0.1, 0.15) is 11.3 Å². The molecular formula is C9H9N7. The van der Waals surface area contributed by atoms with E-state index in [1.807, 2.05) is 13.0 Å². The fourth-order valence-electron chi connectivity index (χ4n) is 1.24. The second-order valence-electron chi connectivity index (χ2n) is 3.20. The predicted octanol–water partition coefficient (Wildman–Crippen LogP) is 0.00680. The van der Waals surface area contributed by atoms with Gasteiger partial charge in [-0.3, -0.25) is 0 Å². The van der Waals surface area contributed by atoms with E-state index in [1.54, 1.807) is 12.1 Å². The van der Waals surface area contributed by atoms with E-state index in [0.29, 0.717) is 5.82 Å². The van der Waals surface area contributed by atoms with Crippen molar-refractivity contribution in [1.29, 1.82) is 5.26 Å². The van der Waals surface area contributed by atoms with Crippen LogP contribution in [0.2, 0.25) is 0 Å². The van der Waals surface area contributed by atoms with Gasteiger partial charge in [0.05, 0.1) is 5.69 Å². The molecule has 0 aromatic carbocycles. The molecule has 16 heavy (non-hydrogen) atoms. The van der Waals surface area contributed by atoms with Gasteiger partial charge in [0.1, 0.15) is 17.5 Å². The largest absolute Gasteiger partial charge is 0.382 e. The molecule has 2 heterocycles. The summed E-state index contributed by atoms with van der Waals surface area (Å²) in [6.45, 7) is 1.82. The summed E-state index contributed by atoms with van der Waals surface area (Å²) in [5.41, 5.74) is 12.2. The van der Waals surface area contributed by atoms with Crippen LogP contribution in [0.3, 0.4) is 0 Å². The molecule has 7 heteroatoms. The molecule has 0 saturated heterocycles. The molecule has 7 nitrogen and oxygen atoms in total. The standard InChI is InChI=1S/C9H9N7/c1-5-2-3-7(14-13-5)16-9(12)6(4-10)8(11)15-16/h2-3H,12H2,1H3,(H2,11,15). The summed E-state index contributed by atoms with van der Waals surface area (Å²) < 4.78 is 1.29. The summed E-state index contributed by atoms with van der Waals surface area (Å²) >= 11 is 0. The molecule has 0 atom stereocenters. The molecule has 0 aliphatic carbocycles. The summed E-state index contributed by atoms with van der Waals surface area (Å²) in [4.78, 5) is 0. The second kappa shape index (κ2) is 3.51. The highest BCUT2D eigenvalue weighted by molar-refractivity contribution is 5.63. The second-order valence-corrected chi connectivity index (χ2v) is 3.20. The zero-order valence-electron chi connectivity index (χ0n) is 8.55. The number of nitrogens with zero attached hydrogens (tertiary/aromatic N) is 5. The van der Waals surface area contributed by atoms with Crippen LogP contribution in [0, 0.1) is 18.3 Å². The van der Waals surface area contributed by atoms with Gasteiger partial charge in [-0.05, 0) is 19.1 Å². The van der Waals surface area contributed by atoms with Crippen molar-refractivity contribution in [3.8, 4) is 11.9 Å². The summed E-state index contributed by atoms with van der Waals surface area (Å²) in [6, 6.07) is 5.35. The van der Waals surface area contributed by atoms with E-state index in [4.69, 9.17) is 16.7 Å². The third-order valence-corrected chi connectivity index (χ3v) is 2.06. The van der Waals surface area contributed by atoms with E-state index in [2.05, 4.69) is 15.3 Å². The van der Waals surface area contributed by atoms with Crippen LogP contribution in [-0.2, 0) is 0 Å². The Kier molecular flexibility index (Phi) is 2.17. The molecule has 0 radical (unpaired) electrons. The minimum Gasteiger partial charge on any atom is -0.382 e. The maximum atomic E-state index is 8.80. The van der Waals surface area contributed by atoms with Crippen molar-refractivity contribution in [3.05, 3.63) is 23.4 Å². The number of aromatic nitrogens is 4. The van der Waals surface area contributed by atoms with E-state index in [-0.39, 0.29) is 17.2 Å². The maximum absolute atomic E-state index is 8.80. The first-order valence-corrected chi connectivity index (χ1v) is 4.48. The van der Waals surface area contributed by atoms with Crippen LogP contribution in [-0.4, -0.2) is 20.0 Å². The van der Waals surface area contributed by atoms with Crippen LogP contribution in [0.15, 0.2) is 12.1 Å². The van der Waals surface area contributed by atoms with E-state index in [9.17, 15) is 0 Å². The highest BCUT2D eigenvalue weighted by Crippen LogP contribution is 2.20. The Hall–Kier alpha value is -2.62. The number of hydrogen-bond donors (Lipinski definition) is 2. The zero-order chi connectivity index (χ0) is 11.7. The van der Waals surface area contributed by atoms with Gasteiger partial charge in [-0.2, -0.15) is 15.0 Å². The Bertz CT molecular complexity index is 561.